The lowest BCUT2D eigenvalue weighted by molar-refractivity contribution is -0.142. The van der Waals surface area contributed by atoms with Crippen LogP contribution in [-0.4, -0.2) is 22.7 Å². The number of phenolic OH excluding ortho intramolecular Hbond substituents is 1. The molecule has 104 valence electrons. The van der Waals surface area contributed by atoms with Crippen molar-refractivity contribution in [1.29, 1.82) is 0 Å². The molecule has 0 saturated heterocycles. The van der Waals surface area contributed by atoms with E-state index in [9.17, 15) is 9.90 Å². The lowest BCUT2D eigenvalue weighted by atomic mass is 9.96. The summed E-state index contributed by atoms with van der Waals surface area (Å²) in [6.07, 6.45) is 2.74. The Bertz CT molecular complexity index is 464. The van der Waals surface area contributed by atoms with Gasteiger partial charge < -0.3 is 15.5 Å². The maximum Gasteiger partial charge on any atom is 0.306 e. The first-order valence-corrected chi connectivity index (χ1v) is 7.28. The number of hydrogen-bond donors (Lipinski definition) is 3. The number of benzene rings is 1. The highest BCUT2D eigenvalue weighted by atomic mass is 79.9. The predicted octanol–water partition coefficient (Wildman–Crippen LogP) is 2.75. The highest BCUT2D eigenvalue weighted by Gasteiger charge is 2.32. The number of carbonyl (C=O) groups is 1. The number of aliphatic carboxylic acids is 1. The van der Waals surface area contributed by atoms with E-state index in [2.05, 4.69) is 21.2 Å². The molecule has 0 aromatic heterocycles. The van der Waals surface area contributed by atoms with E-state index >= 15 is 0 Å². The molecule has 2 rings (SSSR count). The summed E-state index contributed by atoms with van der Waals surface area (Å²) < 4.78 is 0.923. The largest absolute Gasteiger partial charge is 0.508 e. The zero-order chi connectivity index (χ0) is 13.8. The lowest BCUT2D eigenvalue weighted by Gasteiger charge is -2.16. The van der Waals surface area contributed by atoms with E-state index in [0.717, 1.165) is 29.3 Å². The van der Waals surface area contributed by atoms with Crippen molar-refractivity contribution < 1.29 is 15.0 Å². The van der Waals surface area contributed by atoms with Crippen molar-refractivity contribution in [2.24, 2.45) is 11.8 Å². The molecular weight excluding hydrogens is 310 g/mol. The van der Waals surface area contributed by atoms with Gasteiger partial charge in [0, 0.05) is 16.6 Å². The van der Waals surface area contributed by atoms with Crippen molar-refractivity contribution in [1.82, 2.24) is 5.32 Å². The fraction of sp³-hybridized carbons (Fsp3) is 0.500. The van der Waals surface area contributed by atoms with Crippen LogP contribution in [0.1, 0.15) is 24.8 Å². The van der Waals surface area contributed by atoms with E-state index in [0.29, 0.717) is 13.1 Å². The van der Waals surface area contributed by atoms with Crippen molar-refractivity contribution in [2.45, 2.75) is 25.8 Å². The number of nitrogens with one attached hydrogen (secondary N) is 1. The number of hydrogen-bond acceptors (Lipinski definition) is 3. The van der Waals surface area contributed by atoms with E-state index < -0.39 is 5.97 Å². The number of halogens is 1. The number of phenols is 1. The van der Waals surface area contributed by atoms with Gasteiger partial charge in [-0.25, -0.2) is 0 Å². The molecule has 4 nitrogen and oxygen atoms in total. The molecule has 1 aromatic carbocycles. The first-order valence-electron chi connectivity index (χ1n) is 6.49. The third-order valence-corrected chi connectivity index (χ3v) is 4.23. The van der Waals surface area contributed by atoms with E-state index in [1.165, 1.54) is 0 Å². The third-order valence-electron chi connectivity index (χ3n) is 3.74. The first-order chi connectivity index (χ1) is 9.08. The van der Waals surface area contributed by atoms with Crippen LogP contribution in [0, 0.1) is 11.8 Å². The van der Waals surface area contributed by atoms with E-state index in [4.69, 9.17) is 5.11 Å². The van der Waals surface area contributed by atoms with Gasteiger partial charge in [0.15, 0.2) is 0 Å². The van der Waals surface area contributed by atoms with Gasteiger partial charge in [-0.15, -0.1) is 0 Å². The SMILES string of the molecule is O=C(O)C1CCCC1CNCc1cc(Br)ccc1O. The second-order valence-electron chi connectivity index (χ2n) is 5.04. The molecule has 1 aromatic rings. The Morgan fingerprint density at radius 3 is 2.95 bits per heavy atom. The fourth-order valence-corrected chi connectivity index (χ4v) is 3.10. The van der Waals surface area contributed by atoms with Gasteiger partial charge in [-0.2, -0.15) is 0 Å². The van der Waals surface area contributed by atoms with Crippen molar-refractivity contribution in [3.8, 4) is 5.75 Å². The quantitative estimate of drug-likeness (QED) is 0.777. The summed E-state index contributed by atoms with van der Waals surface area (Å²) >= 11 is 3.37. The Morgan fingerprint density at radius 2 is 2.21 bits per heavy atom. The van der Waals surface area contributed by atoms with Crippen LogP contribution >= 0.6 is 15.9 Å². The summed E-state index contributed by atoms with van der Waals surface area (Å²) in [5.74, 6) is -0.443. The predicted molar refractivity (Wildman–Crippen MR) is 76.0 cm³/mol. The minimum absolute atomic E-state index is 0.201. The van der Waals surface area contributed by atoms with Crippen LogP contribution in [0.3, 0.4) is 0 Å². The Hall–Kier alpha value is -1.07. The number of aromatic hydroxyl groups is 1. The summed E-state index contributed by atoms with van der Waals surface area (Å²) in [5, 5.41) is 22.1. The van der Waals surface area contributed by atoms with Crippen LogP contribution in [0.25, 0.3) is 0 Å². The van der Waals surface area contributed by atoms with Crippen LogP contribution in [0.5, 0.6) is 5.75 Å². The van der Waals surface area contributed by atoms with Crippen molar-refractivity contribution >= 4 is 21.9 Å². The maximum absolute atomic E-state index is 11.1. The van der Waals surface area contributed by atoms with Gasteiger partial charge in [-0.3, -0.25) is 4.79 Å². The molecule has 5 heteroatoms. The molecule has 19 heavy (non-hydrogen) atoms. The fourth-order valence-electron chi connectivity index (χ4n) is 2.69. The van der Waals surface area contributed by atoms with Gasteiger partial charge >= 0.3 is 5.97 Å². The van der Waals surface area contributed by atoms with Crippen LogP contribution < -0.4 is 5.32 Å². The summed E-state index contributed by atoms with van der Waals surface area (Å²) in [7, 11) is 0. The zero-order valence-corrected chi connectivity index (χ0v) is 12.2. The van der Waals surface area contributed by atoms with E-state index in [1.54, 1.807) is 12.1 Å². The molecule has 0 spiro atoms. The zero-order valence-electron chi connectivity index (χ0n) is 10.6. The first kappa shape index (κ1) is 14.3. The molecule has 1 fully saturated rings. The lowest BCUT2D eigenvalue weighted by Crippen LogP contribution is -2.28. The summed E-state index contributed by atoms with van der Waals surface area (Å²) in [4.78, 5) is 11.1. The average Bonchev–Trinajstić information content (AvgIpc) is 2.82. The van der Waals surface area contributed by atoms with Crippen LogP contribution in [0.15, 0.2) is 22.7 Å². The number of carboxylic acids is 1. The van der Waals surface area contributed by atoms with Crippen molar-refractivity contribution in [2.75, 3.05) is 6.54 Å². The normalized spacial score (nSPS) is 22.6. The van der Waals surface area contributed by atoms with Crippen molar-refractivity contribution in [3.05, 3.63) is 28.2 Å². The van der Waals surface area contributed by atoms with Gasteiger partial charge in [-0.05, 0) is 43.5 Å². The number of carboxylic acid groups (broad SMARTS) is 1. The van der Waals surface area contributed by atoms with Crippen LogP contribution in [0.4, 0.5) is 0 Å². The summed E-state index contributed by atoms with van der Waals surface area (Å²) in [5.41, 5.74) is 0.819. The average molecular weight is 328 g/mol. The summed E-state index contributed by atoms with van der Waals surface area (Å²) in [6.45, 7) is 1.23. The van der Waals surface area contributed by atoms with Gasteiger partial charge in [0.25, 0.3) is 0 Å². The topological polar surface area (TPSA) is 69.6 Å². The van der Waals surface area contributed by atoms with Gasteiger partial charge in [0.05, 0.1) is 5.92 Å². The summed E-state index contributed by atoms with van der Waals surface area (Å²) in [6, 6.07) is 5.30. The molecule has 0 radical (unpaired) electrons. The Balaban J connectivity index is 1.86. The highest BCUT2D eigenvalue weighted by Crippen LogP contribution is 2.31. The third kappa shape index (κ3) is 3.70. The van der Waals surface area contributed by atoms with Crippen molar-refractivity contribution in [3.63, 3.8) is 0 Å². The Kier molecular flexibility index (Phi) is 4.82. The minimum atomic E-state index is -0.686. The number of rotatable bonds is 5. The maximum atomic E-state index is 11.1. The van der Waals surface area contributed by atoms with Crippen LogP contribution in [-0.2, 0) is 11.3 Å². The molecule has 1 aliphatic rings. The second-order valence-corrected chi connectivity index (χ2v) is 5.96. The molecule has 0 bridgehead atoms. The van der Waals surface area contributed by atoms with Crippen LogP contribution in [0.2, 0.25) is 0 Å². The van der Waals surface area contributed by atoms with E-state index in [1.807, 2.05) is 6.07 Å². The second kappa shape index (κ2) is 6.39. The Morgan fingerprint density at radius 1 is 1.42 bits per heavy atom. The standard InChI is InChI=1S/C14H18BrNO3/c15-11-4-5-13(17)10(6-11)8-16-7-9-2-1-3-12(9)14(18)19/h4-6,9,12,16-17H,1-3,7-8H2,(H,18,19). The Labute approximate surface area is 121 Å². The molecule has 1 saturated carbocycles. The van der Waals surface area contributed by atoms with Gasteiger partial charge in [-0.1, -0.05) is 22.4 Å². The molecule has 1 aliphatic carbocycles. The highest BCUT2D eigenvalue weighted by molar-refractivity contribution is 9.10. The smallest absolute Gasteiger partial charge is 0.306 e. The molecule has 0 amide bonds. The molecule has 3 N–H and O–H groups in total. The molecule has 0 heterocycles. The molecule has 0 aliphatic heterocycles. The van der Waals surface area contributed by atoms with Gasteiger partial charge in [0.2, 0.25) is 0 Å². The molecular formula is C14H18BrNO3. The monoisotopic (exact) mass is 327 g/mol. The van der Waals surface area contributed by atoms with Gasteiger partial charge in [0.1, 0.15) is 5.75 Å². The molecule has 2 unspecified atom stereocenters. The minimum Gasteiger partial charge on any atom is -0.508 e. The molecule has 2 atom stereocenters. The van der Waals surface area contributed by atoms with E-state index in [-0.39, 0.29) is 17.6 Å².